The highest BCUT2D eigenvalue weighted by Gasteiger charge is 2.34. The van der Waals surface area contributed by atoms with Crippen LogP contribution in [-0.2, 0) is 0 Å². The molecule has 1 heterocycles. The van der Waals surface area contributed by atoms with Crippen molar-refractivity contribution in [3.63, 3.8) is 0 Å². The number of carbonyl (C=O) groups excluding carboxylic acids is 1. The number of carbonyl (C=O) groups is 1. The molecule has 0 aliphatic carbocycles. The predicted octanol–water partition coefficient (Wildman–Crippen LogP) is 5.86. The van der Waals surface area contributed by atoms with Gasteiger partial charge in [0.25, 0.3) is 5.91 Å². The first-order valence-corrected chi connectivity index (χ1v) is 11.0. The van der Waals surface area contributed by atoms with E-state index in [9.17, 15) is 4.79 Å². The van der Waals surface area contributed by atoms with E-state index in [0.29, 0.717) is 18.8 Å². The second kappa shape index (κ2) is 8.95. The third-order valence-corrected chi connectivity index (χ3v) is 5.58. The van der Waals surface area contributed by atoms with Crippen molar-refractivity contribution >= 4 is 39.9 Å². The fourth-order valence-electron chi connectivity index (χ4n) is 3.56. The lowest BCUT2D eigenvalue weighted by molar-refractivity contribution is 0.0975. The van der Waals surface area contributed by atoms with E-state index < -0.39 is 0 Å². The van der Waals surface area contributed by atoms with Gasteiger partial charge in [-0.3, -0.25) is 9.69 Å². The Labute approximate surface area is 190 Å². The molecule has 0 fully saturated rings. The lowest BCUT2D eigenvalue weighted by Crippen LogP contribution is -2.43. The van der Waals surface area contributed by atoms with E-state index in [-0.39, 0.29) is 12.1 Å². The van der Waals surface area contributed by atoms with Crippen LogP contribution in [0.2, 0.25) is 0 Å². The Bertz CT molecular complexity index is 1040. The average molecular weight is 514 g/mol. The first-order valence-electron chi connectivity index (χ1n) is 9.96. The number of halogens is 1. The van der Waals surface area contributed by atoms with Crippen LogP contribution < -0.4 is 19.7 Å². The van der Waals surface area contributed by atoms with Crippen LogP contribution in [0.25, 0.3) is 0 Å². The van der Waals surface area contributed by atoms with Gasteiger partial charge in [-0.05, 0) is 96.6 Å². The third kappa shape index (κ3) is 4.09. The minimum atomic E-state index is -0.335. The molecule has 5 nitrogen and oxygen atoms in total. The molecule has 0 spiro atoms. The molecule has 1 aliphatic heterocycles. The van der Waals surface area contributed by atoms with E-state index in [1.807, 2.05) is 80.6 Å². The maximum atomic E-state index is 13.6. The number of anilines is 2. The molecule has 1 unspecified atom stereocenters. The minimum Gasteiger partial charge on any atom is -0.494 e. The number of benzene rings is 3. The standard InChI is InChI=1S/C24H23IN2O3/c1-3-29-19-10-5-16(6-11-19)23-26-22-14-7-17(25)15-21(22)24(28)27(23)18-8-12-20(13-9-18)30-4-2/h5-15,23,26H,3-4H2,1-2H3. The monoisotopic (exact) mass is 514 g/mol. The predicted molar refractivity (Wildman–Crippen MR) is 128 cm³/mol. The fourth-order valence-corrected chi connectivity index (χ4v) is 4.05. The Hall–Kier alpha value is -2.74. The second-order valence-corrected chi connectivity index (χ2v) is 8.09. The molecular formula is C24H23IN2O3. The molecule has 154 valence electrons. The van der Waals surface area contributed by atoms with Crippen LogP contribution in [0, 0.1) is 3.57 Å². The van der Waals surface area contributed by atoms with Gasteiger partial charge < -0.3 is 14.8 Å². The molecule has 4 rings (SSSR count). The Kier molecular flexibility index (Phi) is 6.13. The molecule has 3 aromatic rings. The first kappa shape index (κ1) is 20.5. The van der Waals surface area contributed by atoms with Crippen LogP contribution in [-0.4, -0.2) is 19.1 Å². The number of fused-ring (bicyclic) bond motifs is 1. The Morgan fingerprint density at radius 2 is 1.50 bits per heavy atom. The van der Waals surface area contributed by atoms with Gasteiger partial charge in [0.1, 0.15) is 17.7 Å². The molecule has 6 heteroatoms. The third-order valence-electron chi connectivity index (χ3n) is 4.91. The van der Waals surface area contributed by atoms with E-state index in [1.165, 1.54) is 0 Å². The van der Waals surface area contributed by atoms with Gasteiger partial charge in [-0.15, -0.1) is 0 Å². The number of rotatable bonds is 6. The summed E-state index contributed by atoms with van der Waals surface area (Å²) in [5.41, 5.74) is 3.28. The van der Waals surface area contributed by atoms with Crippen LogP contribution in [0.1, 0.15) is 35.9 Å². The summed E-state index contributed by atoms with van der Waals surface area (Å²) in [6.45, 7) is 5.13. The van der Waals surface area contributed by atoms with E-state index in [1.54, 1.807) is 4.90 Å². The number of nitrogens with one attached hydrogen (secondary N) is 1. The fraction of sp³-hybridized carbons (Fsp3) is 0.208. The highest BCUT2D eigenvalue weighted by atomic mass is 127. The van der Waals surface area contributed by atoms with E-state index in [4.69, 9.17) is 9.47 Å². The van der Waals surface area contributed by atoms with E-state index >= 15 is 0 Å². The molecule has 0 bridgehead atoms. The molecular weight excluding hydrogens is 491 g/mol. The number of ether oxygens (including phenoxy) is 2. The zero-order chi connectivity index (χ0) is 21.1. The highest BCUT2D eigenvalue weighted by molar-refractivity contribution is 14.1. The van der Waals surface area contributed by atoms with E-state index in [0.717, 1.165) is 32.0 Å². The topological polar surface area (TPSA) is 50.8 Å². The van der Waals surface area contributed by atoms with Gasteiger partial charge in [0, 0.05) is 14.9 Å². The maximum Gasteiger partial charge on any atom is 0.262 e. The number of nitrogens with zero attached hydrogens (tertiary/aromatic N) is 1. The molecule has 1 aliphatic rings. The lowest BCUT2D eigenvalue weighted by Gasteiger charge is -2.38. The number of hydrogen-bond acceptors (Lipinski definition) is 4. The molecule has 0 saturated carbocycles. The zero-order valence-corrected chi connectivity index (χ0v) is 19.0. The zero-order valence-electron chi connectivity index (χ0n) is 16.9. The van der Waals surface area contributed by atoms with Crippen LogP contribution in [0.3, 0.4) is 0 Å². The van der Waals surface area contributed by atoms with Crippen molar-refractivity contribution in [2.45, 2.75) is 20.0 Å². The molecule has 0 radical (unpaired) electrons. The summed E-state index contributed by atoms with van der Waals surface area (Å²) < 4.78 is 12.2. The molecule has 30 heavy (non-hydrogen) atoms. The Morgan fingerprint density at radius 3 is 2.10 bits per heavy atom. The van der Waals surface area contributed by atoms with E-state index in [2.05, 4.69) is 27.9 Å². The van der Waals surface area contributed by atoms with Gasteiger partial charge in [0.05, 0.1) is 18.8 Å². The minimum absolute atomic E-state index is 0.0367. The van der Waals surface area contributed by atoms with Crippen molar-refractivity contribution in [3.05, 3.63) is 81.4 Å². The average Bonchev–Trinajstić information content (AvgIpc) is 2.76. The number of amides is 1. The van der Waals surface area contributed by atoms with Crippen molar-refractivity contribution in [2.75, 3.05) is 23.4 Å². The summed E-state index contributed by atoms with van der Waals surface area (Å²) in [5, 5.41) is 3.54. The summed E-state index contributed by atoms with van der Waals surface area (Å²) in [6.07, 6.45) is -0.335. The highest BCUT2D eigenvalue weighted by Crippen LogP contribution is 2.38. The quantitative estimate of drug-likeness (QED) is 0.419. The lowest BCUT2D eigenvalue weighted by atomic mass is 10.0. The molecule has 0 aromatic heterocycles. The first-order chi connectivity index (χ1) is 14.6. The summed E-state index contributed by atoms with van der Waals surface area (Å²) >= 11 is 2.23. The summed E-state index contributed by atoms with van der Waals surface area (Å²) in [6, 6.07) is 21.4. The Morgan fingerprint density at radius 1 is 0.900 bits per heavy atom. The summed E-state index contributed by atoms with van der Waals surface area (Å²) in [5.74, 6) is 1.56. The second-order valence-electron chi connectivity index (χ2n) is 6.84. The molecule has 3 aromatic carbocycles. The maximum absolute atomic E-state index is 13.6. The van der Waals surface area contributed by atoms with Crippen molar-refractivity contribution in [2.24, 2.45) is 0 Å². The van der Waals surface area contributed by atoms with Crippen LogP contribution in [0.4, 0.5) is 11.4 Å². The Balaban J connectivity index is 1.76. The normalized spacial score (nSPS) is 15.4. The summed E-state index contributed by atoms with van der Waals surface area (Å²) in [7, 11) is 0. The SMILES string of the molecule is CCOc1ccc(C2Nc3ccc(I)cc3C(=O)N2c2ccc(OCC)cc2)cc1. The van der Waals surface area contributed by atoms with Crippen LogP contribution >= 0.6 is 22.6 Å². The van der Waals surface area contributed by atoms with Gasteiger partial charge >= 0.3 is 0 Å². The van der Waals surface area contributed by atoms with Gasteiger partial charge in [0.2, 0.25) is 0 Å². The van der Waals surface area contributed by atoms with Crippen molar-refractivity contribution < 1.29 is 14.3 Å². The van der Waals surface area contributed by atoms with Gasteiger partial charge in [-0.1, -0.05) is 12.1 Å². The molecule has 1 amide bonds. The van der Waals surface area contributed by atoms with Gasteiger partial charge in [-0.25, -0.2) is 0 Å². The van der Waals surface area contributed by atoms with Gasteiger partial charge in [-0.2, -0.15) is 0 Å². The largest absolute Gasteiger partial charge is 0.494 e. The summed E-state index contributed by atoms with van der Waals surface area (Å²) in [4.78, 5) is 15.4. The van der Waals surface area contributed by atoms with Gasteiger partial charge in [0.15, 0.2) is 0 Å². The molecule has 1 N–H and O–H groups in total. The van der Waals surface area contributed by atoms with Crippen molar-refractivity contribution in [1.29, 1.82) is 0 Å². The van der Waals surface area contributed by atoms with Crippen LogP contribution in [0.15, 0.2) is 66.7 Å². The number of hydrogen-bond donors (Lipinski definition) is 1. The molecule has 0 saturated heterocycles. The van der Waals surface area contributed by atoms with Crippen LogP contribution in [0.5, 0.6) is 11.5 Å². The smallest absolute Gasteiger partial charge is 0.262 e. The van der Waals surface area contributed by atoms with Crippen molar-refractivity contribution in [1.82, 2.24) is 0 Å². The molecule has 1 atom stereocenters. The van der Waals surface area contributed by atoms with Crippen molar-refractivity contribution in [3.8, 4) is 11.5 Å².